The minimum Gasteiger partial charge on any atom is -0.342 e. The van der Waals surface area contributed by atoms with Gasteiger partial charge in [0.25, 0.3) is 5.56 Å². The van der Waals surface area contributed by atoms with Crippen molar-refractivity contribution in [3.8, 4) is 0 Å². The fourth-order valence-corrected chi connectivity index (χ4v) is 4.81. The van der Waals surface area contributed by atoms with Crippen molar-refractivity contribution >= 4 is 22.9 Å². The molecule has 5 rings (SSSR count). The maximum absolute atomic E-state index is 12.8. The number of carbonyl (C=O) groups excluding carboxylic acids is 1. The van der Waals surface area contributed by atoms with Gasteiger partial charge in [-0.05, 0) is 26.0 Å². The summed E-state index contributed by atoms with van der Waals surface area (Å²) >= 11 is 0. The Labute approximate surface area is 174 Å². The Morgan fingerprint density at radius 1 is 1.10 bits per heavy atom. The summed E-state index contributed by atoms with van der Waals surface area (Å²) in [5, 5.41) is 0. The molecule has 2 aliphatic heterocycles. The van der Waals surface area contributed by atoms with E-state index >= 15 is 0 Å². The smallest absolute Gasteiger partial charge is 0.256 e. The summed E-state index contributed by atoms with van der Waals surface area (Å²) in [4.78, 5) is 38.5. The van der Waals surface area contributed by atoms with Crippen molar-refractivity contribution in [1.82, 2.24) is 24.0 Å². The van der Waals surface area contributed by atoms with Gasteiger partial charge >= 0.3 is 0 Å². The first kappa shape index (κ1) is 18.8. The van der Waals surface area contributed by atoms with Crippen molar-refractivity contribution in [2.75, 3.05) is 31.1 Å². The second-order valence-corrected chi connectivity index (χ2v) is 8.57. The quantitative estimate of drug-likeness (QED) is 0.656. The van der Waals surface area contributed by atoms with Crippen LogP contribution < -0.4 is 10.5 Å². The average molecular weight is 406 g/mol. The van der Waals surface area contributed by atoms with Crippen molar-refractivity contribution < 1.29 is 4.79 Å². The molecule has 0 radical (unpaired) electrons. The Morgan fingerprint density at radius 3 is 2.50 bits per heavy atom. The number of para-hydroxylation sites is 2. The molecule has 2 aliphatic rings. The van der Waals surface area contributed by atoms with E-state index in [1.54, 1.807) is 13.8 Å². The number of fused-ring (bicyclic) bond motifs is 2. The molecule has 1 aromatic carbocycles. The van der Waals surface area contributed by atoms with Crippen LogP contribution in [0.3, 0.4) is 0 Å². The second kappa shape index (κ2) is 6.97. The molecule has 30 heavy (non-hydrogen) atoms. The number of hydrogen-bond donors (Lipinski definition) is 0. The summed E-state index contributed by atoms with van der Waals surface area (Å²) in [6.45, 7) is 6.88. The minimum absolute atomic E-state index is 0.00849. The number of rotatable bonds is 3. The van der Waals surface area contributed by atoms with Crippen LogP contribution in [0.5, 0.6) is 0 Å². The fraction of sp³-hybridized carbons (Fsp3) is 0.455. The molecule has 2 unspecified atom stereocenters. The van der Waals surface area contributed by atoms with E-state index in [1.807, 2.05) is 23.1 Å². The molecule has 0 N–H and O–H groups in total. The lowest BCUT2D eigenvalue weighted by Crippen LogP contribution is -2.38. The summed E-state index contributed by atoms with van der Waals surface area (Å²) in [7, 11) is 2.06. The number of nitrogens with zero attached hydrogens (tertiary/aromatic N) is 6. The van der Waals surface area contributed by atoms with Gasteiger partial charge in [0.2, 0.25) is 11.9 Å². The Bertz CT molecular complexity index is 1180. The molecule has 8 nitrogen and oxygen atoms in total. The molecule has 0 saturated carbocycles. The van der Waals surface area contributed by atoms with Crippen molar-refractivity contribution in [1.29, 1.82) is 0 Å². The maximum Gasteiger partial charge on any atom is 0.256 e. The first-order chi connectivity index (χ1) is 14.4. The molecule has 2 aromatic heterocycles. The summed E-state index contributed by atoms with van der Waals surface area (Å²) in [6.07, 6.45) is 1.48. The predicted molar refractivity (Wildman–Crippen MR) is 114 cm³/mol. The monoisotopic (exact) mass is 406 g/mol. The van der Waals surface area contributed by atoms with Crippen LogP contribution in [0.2, 0.25) is 0 Å². The lowest BCUT2D eigenvalue weighted by Gasteiger charge is -2.23. The van der Waals surface area contributed by atoms with Gasteiger partial charge in [-0.1, -0.05) is 12.1 Å². The standard InChI is InChI=1S/C22H26N6O2/c1-14-15(2)23-13-28(21(14)30)12-20(29)26-8-16-10-27(11-17(16)9-26)22-24-18-6-4-5-7-19(18)25(22)3/h4-7,13,16-17H,8-12H2,1-3H3. The molecular weight excluding hydrogens is 380 g/mol. The van der Waals surface area contributed by atoms with E-state index in [2.05, 4.69) is 27.6 Å². The second-order valence-electron chi connectivity index (χ2n) is 8.57. The molecule has 4 heterocycles. The number of carbonyl (C=O) groups is 1. The Morgan fingerprint density at radius 2 is 1.80 bits per heavy atom. The van der Waals surface area contributed by atoms with Crippen LogP contribution in [-0.4, -0.2) is 56.1 Å². The lowest BCUT2D eigenvalue weighted by molar-refractivity contribution is -0.131. The highest BCUT2D eigenvalue weighted by Crippen LogP contribution is 2.34. The molecule has 2 fully saturated rings. The van der Waals surface area contributed by atoms with Crippen LogP contribution in [0.1, 0.15) is 11.3 Å². The van der Waals surface area contributed by atoms with Crippen LogP contribution >= 0.6 is 0 Å². The number of aryl methyl sites for hydroxylation is 2. The van der Waals surface area contributed by atoms with Crippen molar-refractivity contribution in [2.24, 2.45) is 18.9 Å². The van der Waals surface area contributed by atoms with Gasteiger partial charge in [0.05, 0.1) is 17.4 Å². The third-order valence-corrected chi connectivity index (χ3v) is 6.71. The molecule has 2 atom stereocenters. The number of aromatic nitrogens is 4. The summed E-state index contributed by atoms with van der Waals surface area (Å²) in [6, 6.07) is 8.18. The number of likely N-dealkylation sites (tertiary alicyclic amines) is 1. The molecule has 0 bridgehead atoms. The fourth-order valence-electron chi connectivity index (χ4n) is 4.81. The number of anilines is 1. The van der Waals surface area contributed by atoms with Crippen molar-refractivity contribution in [2.45, 2.75) is 20.4 Å². The third kappa shape index (κ3) is 2.98. The normalized spacial score (nSPS) is 20.9. The van der Waals surface area contributed by atoms with Gasteiger partial charge in [0, 0.05) is 56.3 Å². The van der Waals surface area contributed by atoms with Gasteiger partial charge in [-0.25, -0.2) is 9.97 Å². The molecule has 2 saturated heterocycles. The van der Waals surface area contributed by atoms with Crippen LogP contribution in [-0.2, 0) is 18.4 Å². The minimum atomic E-state index is -0.136. The highest BCUT2D eigenvalue weighted by molar-refractivity contribution is 5.79. The average Bonchev–Trinajstić information content (AvgIpc) is 3.40. The predicted octanol–water partition coefficient (Wildman–Crippen LogP) is 1.34. The van der Waals surface area contributed by atoms with E-state index in [-0.39, 0.29) is 18.0 Å². The SMILES string of the molecule is Cc1ncn(CC(=O)N2CC3CN(c4nc5ccccc5n4C)CC3C2)c(=O)c1C. The van der Waals surface area contributed by atoms with E-state index in [1.165, 1.54) is 10.9 Å². The molecule has 0 aliphatic carbocycles. The zero-order chi connectivity index (χ0) is 21.0. The van der Waals surface area contributed by atoms with E-state index in [4.69, 9.17) is 4.98 Å². The number of hydrogen-bond acceptors (Lipinski definition) is 5. The van der Waals surface area contributed by atoms with Gasteiger partial charge in [0.15, 0.2) is 0 Å². The molecular formula is C22H26N6O2. The zero-order valence-electron chi connectivity index (χ0n) is 17.6. The lowest BCUT2D eigenvalue weighted by atomic mass is 10.0. The Kier molecular flexibility index (Phi) is 4.38. The van der Waals surface area contributed by atoms with E-state index in [9.17, 15) is 9.59 Å². The highest BCUT2D eigenvalue weighted by Gasteiger charge is 2.42. The zero-order valence-corrected chi connectivity index (χ0v) is 17.6. The number of imidazole rings is 1. The maximum atomic E-state index is 12.8. The van der Waals surface area contributed by atoms with Gasteiger partial charge in [-0.15, -0.1) is 0 Å². The van der Waals surface area contributed by atoms with E-state index < -0.39 is 0 Å². The Balaban J connectivity index is 1.27. The number of benzene rings is 1. The first-order valence-corrected chi connectivity index (χ1v) is 10.4. The summed E-state index contributed by atoms with van der Waals surface area (Å²) < 4.78 is 3.57. The Hall–Kier alpha value is -3.16. The molecule has 156 valence electrons. The summed E-state index contributed by atoms with van der Waals surface area (Å²) in [5.41, 5.74) is 3.32. The van der Waals surface area contributed by atoms with Gasteiger partial charge in [-0.2, -0.15) is 0 Å². The molecule has 1 amide bonds. The van der Waals surface area contributed by atoms with Crippen molar-refractivity contribution in [3.63, 3.8) is 0 Å². The molecule has 0 spiro atoms. The summed E-state index contributed by atoms with van der Waals surface area (Å²) in [5.74, 6) is 1.86. The van der Waals surface area contributed by atoms with Gasteiger partial charge in [0.1, 0.15) is 6.54 Å². The molecule has 3 aromatic rings. The van der Waals surface area contributed by atoms with Crippen LogP contribution in [0.25, 0.3) is 11.0 Å². The van der Waals surface area contributed by atoms with E-state index in [0.29, 0.717) is 23.1 Å². The van der Waals surface area contributed by atoms with Gasteiger partial charge in [-0.3, -0.25) is 14.2 Å². The van der Waals surface area contributed by atoms with Gasteiger partial charge < -0.3 is 14.4 Å². The van der Waals surface area contributed by atoms with Crippen LogP contribution in [0.15, 0.2) is 35.4 Å². The highest BCUT2D eigenvalue weighted by atomic mass is 16.2. The van der Waals surface area contributed by atoms with Crippen LogP contribution in [0, 0.1) is 25.7 Å². The van der Waals surface area contributed by atoms with E-state index in [0.717, 1.165) is 43.2 Å². The first-order valence-electron chi connectivity index (χ1n) is 10.4. The topological polar surface area (TPSA) is 76.3 Å². The number of amides is 1. The third-order valence-electron chi connectivity index (χ3n) is 6.71. The van der Waals surface area contributed by atoms with Crippen LogP contribution in [0.4, 0.5) is 5.95 Å². The van der Waals surface area contributed by atoms with Crippen molar-refractivity contribution in [3.05, 3.63) is 52.2 Å². The molecule has 8 heteroatoms. The largest absolute Gasteiger partial charge is 0.342 e.